The van der Waals surface area contributed by atoms with Crippen LogP contribution in [0.3, 0.4) is 0 Å². The molecule has 7 heteroatoms. The van der Waals surface area contributed by atoms with Crippen LogP contribution in [0.1, 0.15) is 16.8 Å². The molecule has 0 aliphatic carbocycles. The predicted molar refractivity (Wildman–Crippen MR) is 106 cm³/mol. The van der Waals surface area contributed by atoms with E-state index in [1.54, 1.807) is 24.5 Å². The monoisotopic (exact) mass is 419 g/mol. The van der Waals surface area contributed by atoms with E-state index < -0.39 is 0 Å². The van der Waals surface area contributed by atoms with Gasteiger partial charge in [0.1, 0.15) is 5.75 Å². The van der Waals surface area contributed by atoms with Crippen molar-refractivity contribution in [3.63, 3.8) is 0 Å². The summed E-state index contributed by atoms with van der Waals surface area (Å²) in [5, 5.41) is 7.13. The molecule has 0 atom stereocenters. The first-order valence-corrected chi connectivity index (χ1v) is 9.49. The first-order chi connectivity index (χ1) is 12.2. The fourth-order valence-electron chi connectivity index (χ4n) is 2.33. The van der Waals surface area contributed by atoms with Crippen molar-refractivity contribution in [2.75, 3.05) is 25.5 Å². The van der Waals surface area contributed by atoms with Gasteiger partial charge < -0.3 is 15.4 Å². The maximum absolute atomic E-state index is 12.3. The van der Waals surface area contributed by atoms with Gasteiger partial charge in [-0.3, -0.25) is 4.79 Å². The Balaban J connectivity index is 1.46. The maximum atomic E-state index is 12.3. The molecule has 1 aromatic heterocycles. The van der Waals surface area contributed by atoms with Gasteiger partial charge in [0.2, 0.25) is 0 Å². The molecule has 0 aliphatic heterocycles. The van der Waals surface area contributed by atoms with Crippen molar-refractivity contribution in [3.05, 3.63) is 52.5 Å². The van der Waals surface area contributed by atoms with Crippen molar-refractivity contribution >= 4 is 48.5 Å². The second kappa shape index (κ2) is 8.31. The zero-order valence-corrected chi connectivity index (χ0v) is 16.1. The van der Waals surface area contributed by atoms with Crippen molar-refractivity contribution in [2.24, 2.45) is 0 Å². The van der Waals surface area contributed by atoms with E-state index in [0.717, 1.165) is 28.1 Å². The van der Waals surface area contributed by atoms with E-state index in [0.29, 0.717) is 17.9 Å². The third-order valence-corrected chi connectivity index (χ3v) is 5.31. The van der Waals surface area contributed by atoms with Crippen LogP contribution < -0.4 is 15.4 Å². The van der Waals surface area contributed by atoms with Crippen LogP contribution in [-0.2, 0) is 0 Å². The number of carbonyl (C=O) groups is 1. The number of carbonyl (C=O) groups excluding carboxylic acids is 1. The van der Waals surface area contributed by atoms with E-state index in [9.17, 15) is 4.79 Å². The maximum Gasteiger partial charge on any atom is 0.252 e. The number of para-hydroxylation sites is 1. The first kappa shape index (κ1) is 17.7. The fourth-order valence-corrected chi connectivity index (χ4v) is 3.65. The summed E-state index contributed by atoms with van der Waals surface area (Å²) >= 11 is 5.03. The number of halogens is 1. The largest absolute Gasteiger partial charge is 0.497 e. The molecule has 130 valence electrons. The molecule has 3 aromatic rings. The summed E-state index contributed by atoms with van der Waals surface area (Å²) in [6.07, 6.45) is 0.809. The third kappa shape index (κ3) is 4.49. The lowest BCUT2D eigenvalue weighted by atomic mass is 10.2. The normalized spacial score (nSPS) is 10.6. The number of amides is 1. The van der Waals surface area contributed by atoms with Crippen molar-refractivity contribution in [1.29, 1.82) is 0 Å². The number of methoxy groups -OCH3 is 1. The van der Waals surface area contributed by atoms with Crippen LogP contribution in [0.25, 0.3) is 10.2 Å². The SMILES string of the molecule is COc1ccc(Br)c(C(=O)NCCCNc2nc3ccccc3s2)c1. The van der Waals surface area contributed by atoms with E-state index in [4.69, 9.17) is 4.74 Å². The molecular weight excluding hydrogens is 402 g/mol. The highest BCUT2D eigenvalue weighted by atomic mass is 79.9. The fraction of sp³-hybridized carbons (Fsp3) is 0.222. The average molecular weight is 420 g/mol. The van der Waals surface area contributed by atoms with Gasteiger partial charge in [-0.1, -0.05) is 23.5 Å². The van der Waals surface area contributed by atoms with Crippen molar-refractivity contribution in [1.82, 2.24) is 10.3 Å². The smallest absolute Gasteiger partial charge is 0.252 e. The Morgan fingerprint density at radius 1 is 1.24 bits per heavy atom. The van der Waals surface area contributed by atoms with Crippen molar-refractivity contribution < 1.29 is 9.53 Å². The van der Waals surface area contributed by atoms with Crippen LogP contribution in [0.2, 0.25) is 0 Å². The Bertz CT molecular complexity index is 849. The van der Waals surface area contributed by atoms with E-state index in [-0.39, 0.29) is 5.91 Å². The number of hydrogen-bond acceptors (Lipinski definition) is 5. The highest BCUT2D eigenvalue weighted by Gasteiger charge is 2.10. The van der Waals surface area contributed by atoms with Crippen LogP contribution in [0, 0.1) is 0 Å². The second-order valence-corrected chi connectivity index (χ2v) is 7.25. The van der Waals surface area contributed by atoms with Gasteiger partial charge >= 0.3 is 0 Å². The Kier molecular flexibility index (Phi) is 5.88. The Morgan fingerprint density at radius 2 is 2.08 bits per heavy atom. The Hall–Kier alpha value is -2.12. The molecule has 0 saturated carbocycles. The number of benzene rings is 2. The molecule has 0 spiro atoms. The van der Waals surface area contributed by atoms with Gasteiger partial charge in [-0.2, -0.15) is 0 Å². The zero-order chi connectivity index (χ0) is 17.6. The lowest BCUT2D eigenvalue weighted by molar-refractivity contribution is 0.0952. The molecule has 1 heterocycles. The quantitative estimate of drug-likeness (QED) is 0.560. The van der Waals surface area contributed by atoms with Gasteiger partial charge in [0.05, 0.1) is 22.9 Å². The Morgan fingerprint density at radius 3 is 2.88 bits per heavy atom. The summed E-state index contributed by atoms with van der Waals surface area (Å²) in [6, 6.07) is 13.4. The average Bonchev–Trinajstić information content (AvgIpc) is 3.04. The van der Waals surface area contributed by atoms with Crippen LogP contribution in [0.4, 0.5) is 5.13 Å². The number of hydrogen-bond donors (Lipinski definition) is 2. The van der Waals surface area contributed by atoms with E-state index in [1.165, 1.54) is 4.70 Å². The number of aromatic nitrogens is 1. The molecule has 0 saturated heterocycles. The highest BCUT2D eigenvalue weighted by Crippen LogP contribution is 2.25. The minimum atomic E-state index is -0.120. The molecule has 2 N–H and O–H groups in total. The molecule has 0 unspecified atom stereocenters. The molecule has 0 bridgehead atoms. The molecule has 2 aromatic carbocycles. The standard InChI is InChI=1S/C18H18BrN3O2S/c1-24-12-7-8-14(19)13(11-12)17(23)20-9-4-10-21-18-22-15-5-2-3-6-16(15)25-18/h2-3,5-8,11H,4,9-10H2,1H3,(H,20,23)(H,21,22). The number of nitrogens with zero attached hydrogens (tertiary/aromatic N) is 1. The predicted octanol–water partition coefficient (Wildman–Crippen LogP) is 4.30. The summed E-state index contributed by atoms with van der Waals surface area (Å²) in [7, 11) is 1.58. The van der Waals surface area contributed by atoms with Gasteiger partial charge in [0.15, 0.2) is 5.13 Å². The second-order valence-electron chi connectivity index (χ2n) is 5.37. The number of nitrogens with one attached hydrogen (secondary N) is 2. The summed E-state index contributed by atoms with van der Waals surface area (Å²) in [5.41, 5.74) is 1.57. The summed E-state index contributed by atoms with van der Waals surface area (Å²) < 4.78 is 7.08. The molecule has 25 heavy (non-hydrogen) atoms. The molecule has 5 nitrogen and oxygen atoms in total. The van der Waals surface area contributed by atoms with Gasteiger partial charge in [-0.05, 0) is 52.7 Å². The van der Waals surface area contributed by atoms with Gasteiger partial charge in [-0.15, -0.1) is 0 Å². The minimum Gasteiger partial charge on any atom is -0.497 e. The van der Waals surface area contributed by atoms with Crippen LogP contribution in [-0.4, -0.2) is 31.1 Å². The van der Waals surface area contributed by atoms with Gasteiger partial charge in [-0.25, -0.2) is 4.98 Å². The molecule has 3 rings (SSSR count). The van der Waals surface area contributed by atoms with Crippen LogP contribution >= 0.6 is 27.3 Å². The molecule has 0 radical (unpaired) electrons. The van der Waals surface area contributed by atoms with Crippen LogP contribution in [0.5, 0.6) is 5.75 Å². The Labute approximate surface area is 158 Å². The van der Waals surface area contributed by atoms with Crippen molar-refractivity contribution in [2.45, 2.75) is 6.42 Å². The highest BCUT2D eigenvalue weighted by molar-refractivity contribution is 9.10. The number of rotatable bonds is 7. The third-order valence-electron chi connectivity index (χ3n) is 3.63. The summed E-state index contributed by atoms with van der Waals surface area (Å²) in [6.45, 7) is 1.33. The molecule has 0 aliphatic rings. The van der Waals surface area contributed by atoms with E-state index >= 15 is 0 Å². The minimum absolute atomic E-state index is 0.120. The van der Waals surface area contributed by atoms with E-state index in [1.807, 2.05) is 30.3 Å². The summed E-state index contributed by atoms with van der Waals surface area (Å²) in [5.74, 6) is 0.539. The first-order valence-electron chi connectivity index (χ1n) is 7.88. The van der Waals surface area contributed by atoms with E-state index in [2.05, 4.69) is 37.6 Å². The molecule has 1 amide bonds. The lowest BCUT2D eigenvalue weighted by Gasteiger charge is -2.09. The summed E-state index contributed by atoms with van der Waals surface area (Å²) in [4.78, 5) is 16.8. The van der Waals surface area contributed by atoms with Gasteiger partial charge in [0.25, 0.3) is 5.91 Å². The molecule has 0 fully saturated rings. The number of anilines is 1. The number of fused-ring (bicyclic) bond motifs is 1. The zero-order valence-electron chi connectivity index (χ0n) is 13.7. The van der Waals surface area contributed by atoms with Crippen molar-refractivity contribution in [3.8, 4) is 5.75 Å². The van der Waals surface area contributed by atoms with Gasteiger partial charge in [0, 0.05) is 17.6 Å². The lowest BCUT2D eigenvalue weighted by Crippen LogP contribution is -2.26. The topological polar surface area (TPSA) is 63.2 Å². The number of ether oxygens (including phenoxy) is 1. The number of thiazole rings is 1. The molecular formula is C18H18BrN3O2S. The van der Waals surface area contributed by atoms with Crippen LogP contribution in [0.15, 0.2) is 46.9 Å².